The van der Waals surface area contributed by atoms with Gasteiger partial charge in [0.2, 0.25) is 0 Å². The second-order valence-corrected chi connectivity index (χ2v) is 2.73. The maximum absolute atomic E-state index is 10.4. The van der Waals surface area contributed by atoms with Crippen LogP contribution in [-0.4, -0.2) is 33.4 Å². The Morgan fingerprint density at radius 1 is 1.25 bits per heavy atom. The van der Waals surface area contributed by atoms with E-state index in [2.05, 4.69) is 0 Å². The predicted octanol–water partition coefficient (Wildman–Crippen LogP) is 0.173. The van der Waals surface area contributed by atoms with Crippen molar-refractivity contribution in [3.05, 3.63) is 10.1 Å². The molecule has 0 fully saturated rings. The van der Waals surface area contributed by atoms with Crippen molar-refractivity contribution in [3.8, 4) is 0 Å². The summed E-state index contributed by atoms with van der Waals surface area (Å²) in [4.78, 5) is 9.76. The van der Waals surface area contributed by atoms with E-state index >= 15 is 0 Å². The third kappa shape index (κ3) is 2.75. The van der Waals surface area contributed by atoms with E-state index < -0.39 is 23.2 Å². The van der Waals surface area contributed by atoms with Crippen molar-refractivity contribution in [2.24, 2.45) is 0 Å². The largest absolute Gasteiger partial charge is 0.386 e. The summed E-state index contributed by atoms with van der Waals surface area (Å²) in [5, 5.41) is 28.8. The first-order valence-electron chi connectivity index (χ1n) is 4.04. The molecular formula is C7H15NO4. The van der Waals surface area contributed by atoms with Gasteiger partial charge in [-0.3, -0.25) is 10.1 Å². The maximum Gasteiger partial charge on any atom is 0.263 e. The summed E-state index contributed by atoms with van der Waals surface area (Å²) in [6, 6.07) is -1.25. The fourth-order valence-corrected chi connectivity index (χ4v) is 1.02. The molecule has 0 heterocycles. The van der Waals surface area contributed by atoms with Crippen molar-refractivity contribution in [2.75, 3.05) is 0 Å². The molecule has 0 saturated carbocycles. The summed E-state index contributed by atoms with van der Waals surface area (Å²) in [6.45, 7) is 3.28. The van der Waals surface area contributed by atoms with Gasteiger partial charge in [-0.15, -0.1) is 0 Å². The van der Waals surface area contributed by atoms with E-state index in [1.54, 1.807) is 13.8 Å². The molecule has 0 rings (SSSR count). The number of aliphatic hydroxyl groups excluding tert-OH is 2. The molecule has 5 heteroatoms. The molecule has 0 bridgehead atoms. The second kappa shape index (κ2) is 5.05. The molecule has 0 aliphatic carbocycles. The minimum Gasteiger partial charge on any atom is -0.386 e. The van der Waals surface area contributed by atoms with Crippen LogP contribution in [0.4, 0.5) is 0 Å². The Morgan fingerprint density at radius 2 is 1.58 bits per heavy atom. The first-order chi connectivity index (χ1) is 5.54. The molecule has 12 heavy (non-hydrogen) atoms. The summed E-state index contributed by atoms with van der Waals surface area (Å²) in [7, 11) is 0. The standard InChI is InChI=1S/C7H15NO4/c1-3-5(9)7(8(11)12)6(10)4-2/h5-7,9-10H,3-4H2,1-2H3. The summed E-state index contributed by atoms with van der Waals surface area (Å²) < 4.78 is 0. The topological polar surface area (TPSA) is 83.6 Å². The van der Waals surface area contributed by atoms with Crippen LogP contribution in [0.5, 0.6) is 0 Å². The Bertz CT molecular complexity index is 140. The molecule has 2 N–H and O–H groups in total. The van der Waals surface area contributed by atoms with E-state index in [4.69, 9.17) is 0 Å². The van der Waals surface area contributed by atoms with Crippen molar-refractivity contribution in [1.82, 2.24) is 0 Å². The van der Waals surface area contributed by atoms with Crippen LogP contribution < -0.4 is 0 Å². The fraction of sp³-hybridized carbons (Fsp3) is 1.00. The molecule has 0 aliphatic heterocycles. The van der Waals surface area contributed by atoms with Crippen LogP contribution in [0.1, 0.15) is 26.7 Å². The van der Waals surface area contributed by atoms with Crippen LogP contribution in [-0.2, 0) is 0 Å². The predicted molar refractivity (Wildman–Crippen MR) is 43.4 cm³/mol. The average molecular weight is 177 g/mol. The van der Waals surface area contributed by atoms with E-state index in [1.165, 1.54) is 0 Å². The van der Waals surface area contributed by atoms with Crippen LogP contribution in [0.25, 0.3) is 0 Å². The van der Waals surface area contributed by atoms with Crippen LogP contribution in [0, 0.1) is 10.1 Å². The molecule has 0 amide bonds. The zero-order valence-electron chi connectivity index (χ0n) is 7.30. The highest BCUT2D eigenvalue weighted by atomic mass is 16.6. The minimum absolute atomic E-state index is 0.280. The lowest BCUT2D eigenvalue weighted by Crippen LogP contribution is -2.43. The lowest BCUT2D eigenvalue weighted by atomic mass is 10.0. The zero-order chi connectivity index (χ0) is 9.72. The molecule has 2 unspecified atom stereocenters. The smallest absolute Gasteiger partial charge is 0.263 e. The molecule has 0 saturated heterocycles. The highest BCUT2D eigenvalue weighted by Crippen LogP contribution is 2.09. The zero-order valence-corrected chi connectivity index (χ0v) is 7.30. The molecule has 0 aliphatic rings. The Morgan fingerprint density at radius 3 is 1.75 bits per heavy atom. The quantitative estimate of drug-likeness (QED) is 0.463. The van der Waals surface area contributed by atoms with Crippen molar-refractivity contribution in [2.45, 2.75) is 44.9 Å². The van der Waals surface area contributed by atoms with Gasteiger partial charge in [0.15, 0.2) is 0 Å². The van der Waals surface area contributed by atoms with Gasteiger partial charge in [-0.2, -0.15) is 0 Å². The third-order valence-corrected chi connectivity index (χ3v) is 1.87. The lowest BCUT2D eigenvalue weighted by molar-refractivity contribution is -0.546. The Kier molecular flexibility index (Phi) is 4.77. The van der Waals surface area contributed by atoms with Gasteiger partial charge >= 0.3 is 0 Å². The first kappa shape index (κ1) is 11.3. The van der Waals surface area contributed by atoms with Gasteiger partial charge in [0.25, 0.3) is 6.04 Å². The van der Waals surface area contributed by atoms with Crippen molar-refractivity contribution in [1.29, 1.82) is 0 Å². The average Bonchev–Trinajstić information content (AvgIpc) is 2.03. The molecule has 0 aromatic carbocycles. The Labute approximate surface area is 71.2 Å². The minimum atomic E-state index is -1.25. The summed E-state index contributed by atoms with van der Waals surface area (Å²) >= 11 is 0. The van der Waals surface area contributed by atoms with Crippen molar-refractivity contribution < 1.29 is 15.1 Å². The fourth-order valence-electron chi connectivity index (χ4n) is 1.02. The van der Waals surface area contributed by atoms with E-state index in [0.717, 1.165) is 0 Å². The number of hydrogen-bond acceptors (Lipinski definition) is 4. The van der Waals surface area contributed by atoms with Gasteiger partial charge in [0.1, 0.15) is 12.2 Å². The van der Waals surface area contributed by atoms with Crippen molar-refractivity contribution >= 4 is 0 Å². The van der Waals surface area contributed by atoms with Crippen LogP contribution >= 0.6 is 0 Å². The molecule has 2 atom stereocenters. The molecule has 5 nitrogen and oxygen atoms in total. The monoisotopic (exact) mass is 177 g/mol. The van der Waals surface area contributed by atoms with Gasteiger partial charge < -0.3 is 10.2 Å². The molecule has 0 aromatic rings. The van der Waals surface area contributed by atoms with E-state index in [-0.39, 0.29) is 12.8 Å². The third-order valence-electron chi connectivity index (χ3n) is 1.87. The number of hydrogen-bond donors (Lipinski definition) is 2. The number of aliphatic hydroxyl groups is 2. The molecule has 72 valence electrons. The highest BCUT2D eigenvalue weighted by molar-refractivity contribution is 4.73. The highest BCUT2D eigenvalue weighted by Gasteiger charge is 2.34. The van der Waals surface area contributed by atoms with Crippen LogP contribution in [0.15, 0.2) is 0 Å². The summed E-state index contributed by atoms with van der Waals surface area (Å²) in [5.74, 6) is 0. The number of nitrogens with zero attached hydrogens (tertiary/aromatic N) is 1. The van der Waals surface area contributed by atoms with Crippen LogP contribution in [0.2, 0.25) is 0 Å². The Hall–Kier alpha value is -0.680. The van der Waals surface area contributed by atoms with Gasteiger partial charge in [-0.25, -0.2) is 0 Å². The van der Waals surface area contributed by atoms with E-state index in [0.29, 0.717) is 0 Å². The SMILES string of the molecule is CCC(O)C(C(O)CC)[N+](=O)[O-]. The summed E-state index contributed by atoms with van der Waals surface area (Å²) in [6.07, 6.45) is -1.56. The summed E-state index contributed by atoms with van der Waals surface area (Å²) in [5.41, 5.74) is 0. The van der Waals surface area contributed by atoms with Gasteiger partial charge in [-0.1, -0.05) is 13.8 Å². The van der Waals surface area contributed by atoms with Crippen molar-refractivity contribution in [3.63, 3.8) is 0 Å². The Balaban J connectivity index is 4.32. The first-order valence-corrected chi connectivity index (χ1v) is 4.04. The normalized spacial score (nSPS) is 18.3. The molecule has 0 aromatic heterocycles. The molecule has 0 radical (unpaired) electrons. The lowest BCUT2D eigenvalue weighted by Gasteiger charge is -2.18. The molecular weight excluding hydrogens is 162 g/mol. The van der Waals surface area contributed by atoms with Gasteiger partial charge in [0.05, 0.1) is 0 Å². The van der Waals surface area contributed by atoms with E-state index in [9.17, 15) is 20.3 Å². The number of nitro groups is 1. The molecule has 0 spiro atoms. The van der Waals surface area contributed by atoms with Crippen LogP contribution in [0.3, 0.4) is 0 Å². The van der Waals surface area contributed by atoms with Gasteiger partial charge in [0, 0.05) is 4.92 Å². The van der Waals surface area contributed by atoms with Gasteiger partial charge in [-0.05, 0) is 12.8 Å². The van der Waals surface area contributed by atoms with E-state index in [1.807, 2.05) is 0 Å². The maximum atomic E-state index is 10.4. The second-order valence-electron chi connectivity index (χ2n) is 2.73. The number of rotatable bonds is 5.